The molecule has 7 heteroatoms. The minimum absolute atomic E-state index is 0.000514. The molecule has 0 radical (unpaired) electrons. The standard InChI is InChI=1S/C27H27ClFN3O2/c1-34-26-11-8-20(28)15-24(26)31-12-13-32-23-5-3-2-4-19(23)14-22(25(32)17-31)27(33)30-16-18-6-9-21(29)10-7-18/h2-11,15,22,25H,12-14,16-17H2,1H3,(H,30,33)/t22-,25+/m0/s1. The van der Waals surface area contributed by atoms with Crippen LogP contribution in [0.4, 0.5) is 15.8 Å². The molecule has 3 aromatic carbocycles. The van der Waals surface area contributed by atoms with Crippen LogP contribution in [-0.2, 0) is 17.8 Å². The summed E-state index contributed by atoms with van der Waals surface area (Å²) >= 11 is 6.31. The zero-order valence-electron chi connectivity index (χ0n) is 19.0. The van der Waals surface area contributed by atoms with Gasteiger partial charge in [0.05, 0.1) is 24.8 Å². The van der Waals surface area contributed by atoms with Crippen molar-refractivity contribution in [1.82, 2.24) is 5.32 Å². The molecule has 2 heterocycles. The summed E-state index contributed by atoms with van der Waals surface area (Å²) in [5, 5.41) is 3.74. The molecule has 1 saturated heterocycles. The number of methoxy groups -OCH3 is 1. The third-order valence-electron chi connectivity index (χ3n) is 6.82. The number of carbonyl (C=O) groups is 1. The van der Waals surface area contributed by atoms with Crippen LogP contribution in [0.2, 0.25) is 5.02 Å². The molecule has 1 amide bonds. The molecule has 2 aliphatic rings. The number of hydrogen-bond donors (Lipinski definition) is 1. The summed E-state index contributed by atoms with van der Waals surface area (Å²) in [6.45, 7) is 2.64. The number of hydrogen-bond acceptors (Lipinski definition) is 4. The zero-order chi connectivity index (χ0) is 23.7. The number of benzene rings is 3. The molecule has 0 spiro atoms. The van der Waals surface area contributed by atoms with Gasteiger partial charge in [0.25, 0.3) is 0 Å². The van der Waals surface area contributed by atoms with Crippen LogP contribution >= 0.6 is 11.6 Å². The fourth-order valence-electron chi connectivity index (χ4n) is 5.11. The van der Waals surface area contributed by atoms with Crippen LogP contribution in [-0.4, -0.2) is 38.7 Å². The van der Waals surface area contributed by atoms with Crippen LogP contribution in [0.5, 0.6) is 5.75 Å². The second-order valence-electron chi connectivity index (χ2n) is 8.81. The van der Waals surface area contributed by atoms with Gasteiger partial charge in [-0.05, 0) is 53.9 Å². The lowest BCUT2D eigenvalue weighted by Gasteiger charge is -2.49. The monoisotopic (exact) mass is 479 g/mol. The first-order valence-electron chi connectivity index (χ1n) is 11.5. The summed E-state index contributed by atoms with van der Waals surface area (Å²) in [7, 11) is 1.66. The predicted octanol–water partition coefficient (Wildman–Crippen LogP) is 4.67. The van der Waals surface area contributed by atoms with Crippen LogP contribution in [0, 0.1) is 11.7 Å². The lowest BCUT2D eigenvalue weighted by molar-refractivity contribution is -0.126. The first kappa shape index (κ1) is 22.5. The Labute approximate surface area is 204 Å². The Balaban J connectivity index is 1.41. The van der Waals surface area contributed by atoms with Crippen molar-refractivity contribution in [3.05, 3.63) is 88.7 Å². The van der Waals surface area contributed by atoms with Gasteiger partial charge in [-0.15, -0.1) is 0 Å². The number of ether oxygens (including phenoxy) is 1. The number of rotatable bonds is 5. The van der Waals surface area contributed by atoms with E-state index in [0.29, 0.717) is 24.5 Å². The smallest absolute Gasteiger partial charge is 0.225 e. The van der Waals surface area contributed by atoms with Crippen LogP contribution in [0.15, 0.2) is 66.7 Å². The third kappa shape index (κ3) is 4.42. The molecule has 1 fully saturated rings. The van der Waals surface area contributed by atoms with Gasteiger partial charge in [-0.25, -0.2) is 4.39 Å². The van der Waals surface area contributed by atoms with E-state index in [1.54, 1.807) is 19.2 Å². The van der Waals surface area contributed by atoms with Crippen LogP contribution < -0.4 is 19.9 Å². The predicted molar refractivity (Wildman–Crippen MR) is 133 cm³/mol. The Bertz CT molecular complexity index is 1190. The summed E-state index contributed by atoms with van der Waals surface area (Å²) in [6.07, 6.45) is 0.674. The number of fused-ring (bicyclic) bond motifs is 3. The van der Waals surface area contributed by atoms with Gasteiger partial charge >= 0.3 is 0 Å². The Hall–Kier alpha value is -3.25. The lowest BCUT2D eigenvalue weighted by Crippen LogP contribution is -2.61. The molecule has 5 nitrogen and oxygen atoms in total. The summed E-state index contributed by atoms with van der Waals surface area (Å²) < 4.78 is 18.8. The van der Waals surface area contributed by atoms with Gasteiger partial charge in [-0.1, -0.05) is 41.9 Å². The van der Waals surface area contributed by atoms with Crippen molar-refractivity contribution >= 4 is 28.9 Å². The number of halogens is 2. The van der Waals surface area contributed by atoms with Crippen molar-refractivity contribution in [2.45, 2.75) is 19.0 Å². The number of amides is 1. The molecule has 0 saturated carbocycles. The van der Waals surface area contributed by atoms with E-state index in [9.17, 15) is 9.18 Å². The number of anilines is 2. The summed E-state index contributed by atoms with van der Waals surface area (Å²) in [5.74, 6) is 0.275. The molecular weight excluding hydrogens is 453 g/mol. The van der Waals surface area contributed by atoms with E-state index in [1.165, 1.54) is 23.4 Å². The van der Waals surface area contributed by atoms with Gasteiger partial charge in [0.2, 0.25) is 5.91 Å². The van der Waals surface area contributed by atoms with Crippen LogP contribution in [0.1, 0.15) is 11.1 Å². The Morgan fingerprint density at radius 1 is 1.09 bits per heavy atom. The Kier molecular flexibility index (Phi) is 6.33. The van der Waals surface area contributed by atoms with Gasteiger partial charge in [-0.3, -0.25) is 4.79 Å². The molecular formula is C27H27ClFN3O2. The van der Waals surface area contributed by atoms with Crippen molar-refractivity contribution in [3.63, 3.8) is 0 Å². The van der Waals surface area contributed by atoms with E-state index < -0.39 is 0 Å². The molecule has 0 bridgehead atoms. The largest absolute Gasteiger partial charge is 0.495 e. The number of piperazine rings is 1. The highest BCUT2D eigenvalue weighted by atomic mass is 35.5. The Morgan fingerprint density at radius 2 is 1.88 bits per heavy atom. The van der Waals surface area contributed by atoms with Gasteiger partial charge in [0.15, 0.2) is 0 Å². The number of carbonyl (C=O) groups excluding carboxylic acids is 1. The highest BCUT2D eigenvalue weighted by Crippen LogP contribution is 2.39. The summed E-state index contributed by atoms with van der Waals surface area (Å²) in [6, 6.07) is 20.2. The molecule has 3 aromatic rings. The molecule has 176 valence electrons. The Morgan fingerprint density at radius 3 is 2.68 bits per heavy atom. The molecule has 5 rings (SSSR count). The second-order valence-corrected chi connectivity index (χ2v) is 9.24. The highest BCUT2D eigenvalue weighted by molar-refractivity contribution is 6.31. The molecule has 0 aliphatic carbocycles. The maximum Gasteiger partial charge on any atom is 0.225 e. The number of para-hydroxylation sites is 1. The minimum atomic E-state index is -0.284. The topological polar surface area (TPSA) is 44.8 Å². The second kappa shape index (κ2) is 9.55. The molecule has 1 N–H and O–H groups in total. The number of nitrogens with zero attached hydrogens (tertiary/aromatic N) is 2. The molecule has 0 aromatic heterocycles. The van der Waals surface area contributed by atoms with E-state index in [4.69, 9.17) is 16.3 Å². The first-order valence-corrected chi connectivity index (χ1v) is 11.9. The summed E-state index contributed by atoms with van der Waals surface area (Å²) in [4.78, 5) is 18.1. The van der Waals surface area contributed by atoms with E-state index in [2.05, 4.69) is 33.3 Å². The van der Waals surface area contributed by atoms with Crippen molar-refractivity contribution in [3.8, 4) is 5.75 Å². The van der Waals surface area contributed by atoms with E-state index >= 15 is 0 Å². The maximum absolute atomic E-state index is 13.4. The molecule has 0 unspecified atom stereocenters. The molecule has 2 aliphatic heterocycles. The van der Waals surface area contributed by atoms with Gasteiger partial charge in [0, 0.05) is 36.9 Å². The molecule has 2 atom stereocenters. The van der Waals surface area contributed by atoms with Gasteiger partial charge in [0.1, 0.15) is 11.6 Å². The average Bonchev–Trinajstić information content (AvgIpc) is 2.87. The third-order valence-corrected chi connectivity index (χ3v) is 7.06. The molecule has 34 heavy (non-hydrogen) atoms. The fourth-order valence-corrected chi connectivity index (χ4v) is 5.28. The van der Waals surface area contributed by atoms with Crippen molar-refractivity contribution in [2.24, 2.45) is 5.92 Å². The van der Waals surface area contributed by atoms with E-state index in [1.807, 2.05) is 24.3 Å². The van der Waals surface area contributed by atoms with Crippen LogP contribution in [0.3, 0.4) is 0 Å². The van der Waals surface area contributed by atoms with Crippen LogP contribution in [0.25, 0.3) is 0 Å². The van der Waals surface area contributed by atoms with Gasteiger partial charge < -0.3 is 19.9 Å². The van der Waals surface area contributed by atoms with E-state index in [0.717, 1.165) is 30.1 Å². The lowest BCUT2D eigenvalue weighted by atomic mass is 9.83. The van der Waals surface area contributed by atoms with Crippen molar-refractivity contribution < 1.29 is 13.9 Å². The first-order chi connectivity index (χ1) is 16.5. The quantitative estimate of drug-likeness (QED) is 0.577. The normalized spacial score (nSPS) is 19.3. The average molecular weight is 480 g/mol. The SMILES string of the molecule is COc1ccc(Cl)cc1N1CCN2c3ccccc3C[C@H](C(=O)NCc3ccc(F)cc3)[C@H]2C1. The summed E-state index contributed by atoms with van der Waals surface area (Å²) in [5.41, 5.74) is 4.21. The highest BCUT2D eigenvalue weighted by Gasteiger charge is 2.41. The van der Waals surface area contributed by atoms with Crippen molar-refractivity contribution in [1.29, 1.82) is 0 Å². The van der Waals surface area contributed by atoms with Crippen molar-refractivity contribution in [2.75, 3.05) is 36.5 Å². The fraction of sp³-hybridized carbons (Fsp3) is 0.296. The zero-order valence-corrected chi connectivity index (χ0v) is 19.8. The number of nitrogens with one attached hydrogen (secondary N) is 1. The maximum atomic E-state index is 13.4. The van der Waals surface area contributed by atoms with E-state index in [-0.39, 0.29) is 23.7 Å². The van der Waals surface area contributed by atoms with Gasteiger partial charge in [-0.2, -0.15) is 0 Å². The minimum Gasteiger partial charge on any atom is -0.495 e.